The Morgan fingerprint density at radius 2 is 1.65 bits per heavy atom. The zero-order chi connectivity index (χ0) is 32.4. The third-order valence-corrected chi connectivity index (χ3v) is 14.5. The summed E-state index contributed by atoms with van der Waals surface area (Å²) in [5.74, 6) is 3.04. The van der Waals surface area contributed by atoms with Crippen LogP contribution in [0.15, 0.2) is 24.3 Å². The molecule has 2 saturated heterocycles. The molecule has 8 heteroatoms. The maximum absolute atomic E-state index is 13.8. The van der Waals surface area contributed by atoms with Crippen molar-refractivity contribution in [3.05, 3.63) is 35.4 Å². The number of nitrogens with zero attached hydrogens (tertiary/aromatic N) is 4. The molecule has 0 bridgehead atoms. The van der Waals surface area contributed by atoms with Crippen LogP contribution in [0.2, 0.25) is 0 Å². The third-order valence-electron chi connectivity index (χ3n) is 14.5. The Morgan fingerprint density at radius 3 is 2.35 bits per heavy atom. The highest BCUT2D eigenvalue weighted by molar-refractivity contribution is 5.98. The summed E-state index contributed by atoms with van der Waals surface area (Å²) in [4.78, 5) is 33.3. The molecule has 46 heavy (non-hydrogen) atoms. The van der Waals surface area contributed by atoms with Gasteiger partial charge < -0.3 is 20.0 Å². The van der Waals surface area contributed by atoms with Crippen molar-refractivity contribution in [1.29, 1.82) is 5.26 Å². The summed E-state index contributed by atoms with van der Waals surface area (Å²) < 4.78 is 0. The summed E-state index contributed by atoms with van der Waals surface area (Å²) in [6.07, 6.45) is 10.2. The SMILES string of the molecule is C[C@@H](O)[C@H]1CC[C@H]2[C@@H]3CC[C@H]4C[C@H](O)[C@@H](N5CCN(C(=O)[C@@H]6CCCN6C(=O)c6ccc(C#N)cc6)CC5)C[C@]4(C)[C@H]3CC[C@]12C. The monoisotopic (exact) mass is 630 g/mol. The molecule has 0 unspecified atom stereocenters. The standard InChI is InChI=1S/C38H54N4O4/c1-24(43)29-12-13-30-28-11-10-27-21-34(44)33(22-38(27,3)31(28)14-15-37(29,30)2)40-17-19-41(20-18-40)36(46)32-5-4-16-42(32)35(45)26-8-6-25(23-39)7-9-26/h6-9,24,27-34,43-44H,4-5,10-22H2,1-3H3/t24-,27+,28+,29-,30+,31+,32+,33+,34+,37-,38+/m1/s1. The quantitative estimate of drug-likeness (QED) is 0.500. The number of aliphatic hydroxyl groups excluding tert-OH is 2. The van der Waals surface area contributed by atoms with Gasteiger partial charge in [-0.15, -0.1) is 0 Å². The van der Waals surface area contributed by atoms with Crippen LogP contribution in [0.4, 0.5) is 0 Å². The Labute approximate surface area is 275 Å². The van der Waals surface area contributed by atoms with Crippen molar-refractivity contribution in [3.8, 4) is 6.07 Å². The number of fused-ring (bicyclic) bond motifs is 5. The second-order valence-electron chi connectivity index (χ2n) is 16.4. The van der Waals surface area contributed by atoms with E-state index in [0.717, 1.165) is 44.7 Å². The van der Waals surface area contributed by atoms with Crippen LogP contribution in [-0.2, 0) is 4.79 Å². The minimum Gasteiger partial charge on any atom is -0.393 e. The number of carbonyl (C=O) groups is 2. The third kappa shape index (κ3) is 5.20. The molecule has 2 heterocycles. The van der Waals surface area contributed by atoms with Crippen LogP contribution in [0.3, 0.4) is 0 Å². The molecular formula is C38H54N4O4. The average Bonchev–Trinajstić information content (AvgIpc) is 3.69. The van der Waals surface area contributed by atoms with Gasteiger partial charge in [-0.05, 0) is 136 Å². The van der Waals surface area contributed by atoms with Crippen LogP contribution < -0.4 is 0 Å². The molecule has 0 spiro atoms. The Morgan fingerprint density at radius 1 is 0.935 bits per heavy atom. The summed E-state index contributed by atoms with van der Waals surface area (Å²) in [7, 11) is 0. The number of nitriles is 1. The van der Waals surface area contributed by atoms with E-state index in [-0.39, 0.29) is 40.9 Å². The van der Waals surface area contributed by atoms with Gasteiger partial charge in [-0.1, -0.05) is 13.8 Å². The largest absolute Gasteiger partial charge is 0.393 e. The lowest BCUT2D eigenvalue weighted by atomic mass is 9.44. The second kappa shape index (κ2) is 12.2. The van der Waals surface area contributed by atoms with E-state index in [1.807, 2.05) is 11.8 Å². The molecule has 2 aliphatic heterocycles. The van der Waals surface area contributed by atoms with Crippen molar-refractivity contribution < 1.29 is 19.8 Å². The summed E-state index contributed by atoms with van der Waals surface area (Å²) >= 11 is 0. The second-order valence-corrected chi connectivity index (χ2v) is 16.4. The van der Waals surface area contributed by atoms with Crippen LogP contribution in [0.5, 0.6) is 0 Å². The van der Waals surface area contributed by atoms with Gasteiger partial charge in [0, 0.05) is 44.3 Å². The van der Waals surface area contributed by atoms with Gasteiger partial charge in [-0.3, -0.25) is 14.5 Å². The molecule has 11 atom stereocenters. The zero-order valence-corrected chi connectivity index (χ0v) is 28.1. The molecule has 250 valence electrons. The number of aliphatic hydroxyl groups is 2. The number of carbonyl (C=O) groups excluding carboxylic acids is 2. The molecule has 6 fully saturated rings. The first-order valence-electron chi connectivity index (χ1n) is 18.2. The van der Waals surface area contributed by atoms with Gasteiger partial charge in [-0.25, -0.2) is 0 Å². The molecule has 0 radical (unpaired) electrons. The molecule has 7 rings (SSSR count). The van der Waals surface area contributed by atoms with Crippen LogP contribution >= 0.6 is 0 Å². The number of piperazine rings is 1. The van der Waals surface area contributed by atoms with E-state index in [9.17, 15) is 19.8 Å². The predicted molar refractivity (Wildman–Crippen MR) is 175 cm³/mol. The Kier molecular flexibility index (Phi) is 8.51. The maximum atomic E-state index is 13.8. The van der Waals surface area contributed by atoms with Crippen LogP contribution in [0.1, 0.15) is 101 Å². The number of amides is 2. The summed E-state index contributed by atoms with van der Waals surface area (Å²) in [5.41, 5.74) is 1.52. The fourth-order valence-electron chi connectivity index (χ4n) is 12.1. The van der Waals surface area contributed by atoms with E-state index in [0.29, 0.717) is 60.9 Å². The average molecular weight is 631 g/mol. The lowest BCUT2D eigenvalue weighted by molar-refractivity contribution is -0.156. The highest BCUT2D eigenvalue weighted by atomic mass is 16.3. The van der Waals surface area contributed by atoms with Crippen molar-refractivity contribution in [3.63, 3.8) is 0 Å². The van der Waals surface area contributed by atoms with Crippen molar-refractivity contribution >= 4 is 11.8 Å². The Hall–Kier alpha value is -2.47. The predicted octanol–water partition coefficient (Wildman–Crippen LogP) is 4.69. The molecular weight excluding hydrogens is 576 g/mol. The van der Waals surface area contributed by atoms with E-state index in [1.165, 1.54) is 32.1 Å². The molecule has 2 N–H and O–H groups in total. The molecule has 1 aromatic rings. The lowest BCUT2D eigenvalue weighted by Crippen LogP contribution is -2.62. The highest BCUT2D eigenvalue weighted by Crippen LogP contribution is 2.68. The van der Waals surface area contributed by atoms with Gasteiger partial charge in [0.15, 0.2) is 0 Å². The summed E-state index contributed by atoms with van der Waals surface area (Å²) in [6, 6.07) is 8.45. The van der Waals surface area contributed by atoms with Gasteiger partial charge in [0.2, 0.25) is 5.91 Å². The topological polar surface area (TPSA) is 108 Å². The number of hydrogen-bond donors (Lipinski definition) is 2. The Bertz CT molecular complexity index is 1350. The lowest BCUT2D eigenvalue weighted by Gasteiger charge is -2.63. The smallest absolute Gasteiger partial charge is 0.254 e. The van der Waals surface area contributed by atoms with Gasteiger partial charge in [0.25, 0.3) is 5.91 Å². The number of likely N-dealkylation sites (tertiary alicyclic amines) is 1. The van der Waals surface area contributed by atoms with Crippen molar-refractivity contribution in [2.24, 2.45) is 40.4 Å². The number of rotatable bonds is 4. The van der Waals surface area contributed by atoms with E-state index < -0.39 is 6.04 Å². The molecule has 8 nitrogen and oxygen atoms in total. The molecule has 2 amide bonds. The van der Waals surface area contributed by atoms with Crippen LogP contribution in [0.25, 0.3) is 0 Å². The van der Waals surface area contributed by atoms with Gasteiger partial charge in [-0.2, -0.15) is 5.26 Å². The normalized spacial score (nSPS) is 41.7. The fourth-order valence-corrected chi connectivity index (χ4v) is 12.1. The first-order chi connectivity index (χ1) is 22.0. The van der Waals surface area contributed by atoms with E-state index in [1.54, 1.807) is 29.2 Å². The van der Waals surface area contributed by atoms with Gasteiger partial charge in [0.05, 0.1) is 23.8 Å². The number of hydrogen-bond acceptors (Lipinski definition) is 6. The minimum atomic E-state index is -0.435. The van der Waals surface area contributed by atoms with Crippen molar-refractivity contribution in [2.75, 3.05) is 32.7 Å². The van der Waals surface area contributed by atoms with Gasteiger partial charge >= 0.3 is 0 Å². The van der Waals surface area contributed by atoms with E-state index in [2.05, 4.69) is 24.8 Å². The van der Waals surface area contributed by atoms with Crippen molar-refractivity contribution in [1.82, 2.24) is 14.7 Å². The van der Waals surface area contributed by atoms with E-state index in [4.69, 9.17) is 5.26 Å². The van der Waals surface area contributed by atoms with Crippen LogP contribution in [-0.4, -0.2) is 93.7 Å². The molecule has 6 aliphatic rings. The summed E-state index contributed by atoms with van der Waals surface area (Å²) in [6.45, 7) is 10.4. The Balaban J connectivity index is 0.995. The molecule has 1 aromatic carbocycles. The fraction of sp³-hybridized carbons (Fsp3) is 0.763. The molecule has 4 saturated carbocycles. The first-order valence-corrected chi connectivity index (χ1v) is 18.2. The minimum absolute atomic E-state index is 0.0443. The zero-order valence-electron chi connectivity index (χ0n) is 28.1. The molecule has 4 aliphatic carbocycles. The maximum Gasteiger partial charge on any atom is 0.254 e. The van der Waals surface area contributed by atoms with Crippen LogP contribution in [0, 0.1) is 51.8 Å². The number of benzene rings is 1. The highest BCUT2D eigenvalue weighted by Gasteiger charge is 2.62. The van der Waals surface area contributed by atoms with Gasteiger partial charge in [0.1, 0.15) is 6.04 Å². The summed E-state index contributed by atoms with van der Waals surface area (Å²) in [5, 5.41) is 31.3. The molecule has 0 aromatic heterocycles. The first kappa shape index (κ1) is 32.1. The van der Waals surface area contributed by atoms with E-state index >= 15 is 0 Å². The van der Waals surface area contributed by atoms with Crippen molar-refractivity contribution in [2.45, 2.75) is 109 Å².